The van der Waals surface area contributed by atoms with E-state index >= 15 is 0 Å². The number of rotatable bonds is 9. The predicted octanol–water partition coefficient (Wildman–Crippen LogP) is 3.63. The summed E-state index contributed by atoms with van der Waals surface area (Å²) in [6.07, 6.45) is 3.55. The maximum atomic E-state index is 12.3. The maximum Gasteiger partial charge on any atom is 0.259 e. The molecule has 4 rings (SSSR count). The fraction of sp³-hybridized carbons (Fsp3) is 0.240. The minimum absolute atomic E-state index is 0.128. The van der Waals surface area contributed by atoms with Crippen LogP contribution in [0, 0.1) is 0 Å². The predicted molar refractivity (Wildman–Crippen MR) is 125 cm³/mol. The lowest BCUT2D eigenvalue weighted by Crippen LogP contribution is -2.34. The van der Waals surface area contributed by atoms with Crippen LogP contribution in [0.1, 0.15) is 35.7 Å². The van der Waals surface area contributed by atoms with Crippen molar-refractivity contribution >= 4 is 28.8 Å². The summed E-state index contributed by atoms with van der Waals surface area (Å²) in [6.45, 7) is 2.61. The number of carbonyl (C=O) groups is 2. The zero-order valence-corrected chi connectivity index (χ0v) is 18.3. The molecule has 8 heteroatoms. The molecule has 0 unspecified atom stereocenters. The third kappa shape index (κ3) is 5.41. The highest BCUT2D eigenvalue weighted by Gasteiger charge is 2.16. The number of nitrogens with zero attached hydrogens (tertiary/aromatic N) is 1. The summed E-state index contributed by atoms with van der Waals surface area (Å²) in [5.74, 6) is 0.951. The molecule has 2 amide bonds. The van der Waals surface area contributed by atoms with Crippen molar-refractivity contribution in [3.8, 4) is 17.2 Å². The second kappa shape index (κ2) is 10.5. The van der Waals surface area contributed by atoms with Crippen LogP contribution in [0.4, 0.5) is 0 Å². The number of amides is 2. The second-order valence-electron chi connectivity index (χ2n) is 7.44. The Morgan fingerprint density at radius 3 is 2.82 bits per heavy atom. The van der Waals surface area contributed by atoms with Crippen molar-refractivity contribution in [2.24, 2.45) is 5.10 Å². The number of nitrogens with one attached hydrogen (secondary N) is 2. The molecule has 1 aliphatic rings. The van der Waals surface area contributed by atoms with Gasteiger partial charge >= 0.3 is 0 Å². The molecular weight excluding hydrogens is 422 g/mol. The van der Waals surface area contributed by atoms with Crippen LogP contribution in [0.15, 0.2) is 59.7 Å². The van der Waals surface area contributed by atoms with Crippen LogP contribution in [0.3, 0.4) is 0 Å². The average Bonchev–Trinajstić information content (AvgIpc) is 3.31. The molecular formula is C25H25N3O5. The molecule has 2 N–H and O–H groups in total. The number of ether oxygens (including phenoxy) is 3. The Hall–Kier alpha value is -4.07. The van der Waals surface area contributed by atoms with Gasteiger partial charge in [0.1, 0.15) is 5.75 Å². The van der Waals surface area contributed by atoms with E-state index in [4.69, 9.17) is 14.2 Å². The van der Waals surface area contributed by atoms with E-state index in [2.05, 4.69) is 22.8 Å². The summed E-state index contributed by atoms with van der Waals surface area (Å²) in [6, 6.07) is 16.7. The molecule has 0 bridgehead atoms. The summed E-state index contributed by atoms with van der Waals surface area (Å²) in [4.78, 5) is 24.5. The molecule has 3 aromatic rings. The molecule has 1 heterocycles. The molecule has 0 atom stereocenters. The molecule has 33 heavy (non-hydrogen) atoms. The first kappa shape index (κ1) is 22.1. The first-order valence-corrected chi connectivity index (χ1v) is 10.8. The standard InChI is InChI=1S/C25H25N3O5/c1-2-3-12-31-21-10-8-17-6-4-5-7-19(17)20(21)14-27-28-24(29)15-26-25(30)18-9-11-22-23(13-18)33-16-32-22/h4-11,13-14H,2-3,12,15-16H2,1H3,(H,26,30)(H,28,29)/b27-14+. The Kier molecular flexibility index (Phi) is 7.04. The van der Waals surface area contributed by atoms with Gasteiger partial charge in [0.2, 0.25) is 6.79 Å². The van der Waals surface area contributed by atoms with E-state index in [0.717, 1.165) is 29.2 Å². The fourth-order valence-electron chi connectivity index (χ4n) is 3.37. The van der Waals surface area contributed by atoms with Gasteiger partial charge in [-0.15, -0.1) is 0 Å². The number of hydrogen-bond donors (Lipinski definition) is 2. The van der Waals surface area contributed by atoms with Crippen molar-refractivity contribution in [2.45, 2.75) is 19.8 Å². The molecule has 0 radical (unpaired) electrons. The summed E-state index contributed by atoms with van der Waals surface area (Å²) >= 11 is 0. The molecule has 3 aromatic carbocycles. The normalized spacial score (nSPS) is 12.2. The first-order valence-electron chi connectivity index (χ1n) is 10.8. The zero-order chi connectivity index (χ0) is 23.0. The molecule has 0 saturated carbocycles. The van der Waals surface area contributed by atoms with E-state index in [1.807, 2.05) is 36.4 Å². The van der Waals surface area contributed by atoms with Gasteiger partial charge in [-0.05, 0) is 41.5 Å². The third-order valence-electron chi connectivity index (χ3n) is 5.11. The van der Waals surface area contributed by atoms with Gasteiger partial charge in [0, 0.05) is 11.1 Å². The first-order chi connectivity index (χ1) is 16.2. The van der Waals surface area contributed by atoms with Crippen LogP contribution in [-0.2, 0) is 4.79 Å². The highest BCUT2D eigenvalue weighted by Crippen LogP contribution is 2.32. The van der Waals surface area contributed by atoms with Gasteiger partial charge in [-0.25, -0.2) is 5.43 Å². The molecule has 0 aromatic heterocycles. The minimum Gasteiger partial charge on any atom is -0.493 e. The fourth-order valence-corrected chi connectivity index (χ4v) is 3.37. The van der Waals surface area contributed by atoms with Gasteiger partial charge in [-0.2, -0.15) is 5.10 Å². The zero-order valence-electron chi connectivity index (χ0n) is 18.3. The van der Waals surface area contributed by atoms with Crippen LogP contribution in [-0.4, -0.2) is 38.0 Å². The van der Waals surface area contributed by atoms with E-state index < -0.39 is 11.8 Å². The van der Waals surface area contributed by atoms with Crippen LogP contribution < -0.4 is 25.0 Å². The number of benzene rings is 3. The lowest BCUT2D eigenvalue weighted by Gasteiger charge is -2.11. The lowest BCUT2D eigenvalue weighted by atomic mass is 10.0. The van der Waals surface area contributed by atoms with Gasteiger partial charge in [-0.3, -0.25) is 9.59 Å². The van der Waals surface area contributed by atoms with Crippen molar-refractivity contribution in [3.63, 3.8) is 0 Å². The molecule has 8 nitrogen and oxygen atoms in total. The Morgan fingerprint density at radius 2 is 1.94 bits per heavy atom. The number of hydrogen-bond acceptors (Lipinski definition) is 6. The van der Waals surface area contributed by atoms with E-state index in [9.17, 15) is 9.59 Å². The van der Waals surface area contributed by atoms with Crippen LogP contribution in [0.5, 0.6) is 17.2 Å². The Morgan fingerprint density at radius 1 is 1.09 bits per heavy atom. The van der Waals surface area contributed by atoms with Gasteiger partial charge in [0.25, 0.3) is 11.8 Å². The lowest BCUT2D eigenvalue weighted by molar-refractivity contribution is -0.120. The van der Waals surface area contributed by atoms with Crippen LogP contribution >= 0.6 is 0 Å². The number of fused-ring (bicyclic) bond motifs is 2. The minimum atomic E-state index is -0.450. The number of unbranched alkanes of at least 4 members (excludes halogenated alkanes) is 1. The van der Waals surface area contributed by atoms with Crippen LogP contribution in [0.2, 0.25) is 0 Å². The van der Waals surface area contributed by atoms with E-state index in [0.29, 0.717) is 29.4 Å². The molecule has 0 spiro atoms. The number of carbonyl (C=O) groups excluding carboxylic acids is 2. The van der Waals surface area contributed by atoms with Gasteiger partial charge in [-0.1, -0.05) is 43.7 Å². The van der Waals surface area contributed by atoms with Crippen molar-refractivity contribution in [3.05, 3.63) is 65.7 Å². The summed E-state index contributed by atoms with van der Waals surface area (Å²) in [5, 5.41) is 8.67. The summed E-state index contributed by atoms with van der Waals surface area (Å²) in [5.41, 5.74) is 3.62. The maximum absolute atomic E-state index is 12.3. The van der Waals surface area contributed by atoms with Crippen molar-refractivity contribution in [1.29, 1.82) is 0 Å². The van der Waals surface area contributed by atoms with Crippen LogP contribution in [0.25, 0.3) is 10.8 Å². The second-order valence-corrected chi connectivity index (χ2v) is 7.44. The van der Waals surface area contributed by atoms with Crippen molar-refractivity contribution in [2.75, 3.05) is 19.9 Å². The quantitative estimate of drug-likeness (QED) is 0.297. The summed E-state index contributed by atoms with van der Waals surface area (Å²) < 4.78 is 16.4. The molecule has 0 fully saturated rings. The molecule has 0 aliphatic carbocycles. The van der Waals surface area contributed by atoms with Gasteiger partial charge in [0.05, 0.1) is 19.4 Å². The van der Waals surface area contributed by atoms with E-state index in [-0.39, 0.29) is 13.3 Å². The topological polar surface area (TPSA) is 98.2 Å². The smallest absolute Gasteiger partial charge is 0.259 e. The Labute approximate surface area is 191 Å². The Bertz CT molecular complexity index is 1190. The monoisotopic (exact) mass is 447 g/mol. The molecule has 0 saturated heterocycles. The molecule has 1 aliphatic heterocycles. The Balaban J connectivity index is 1.37. The highest BCUT2D eigenvalue weighted by molar-refractivity contribution is 6.03. The highest BCUT2D eigenvalue weighted by atomic mass is 16.7. The van der Waals surface area contributed by atoms with Gasteiger partial charge < -0.3 is 19.5 Å². The number of hydrazone groups is 1. The van der Waals surface area contributed by atoms with Crippen molar-refractivity contribution < 1.29 is 23.8 Å². The average molecular weight is 447 g/mol. The van der Waals surface area contributed by atoms with E-state index in [1.165, 1.54) is 0 Å². The van der Waals surface area contributed by atoms with E-state index in [1.54, 1.807) is 24.4 Å². The van der Waals surface area contributed by atoms with Crippen molar-refractivity contribution in [1.82, 2.24) is 10.7 Å². The van der Waals surface area contributed by atoms with Gasteiger partial charge in [0.15, 0.2) is 11.5 Å². The summed E-state index contributed by atoms with van der Waals surface area (Å²) in [7, 11) is 0. The third-order valence-corrected chi connectivity index (χ3v) is 5.11. The molecule has 170 valence electrons. The SMILES string of the molecule is CCCCOc1ccc2ccccc2c1/C=N/NC(=O)CNC(=O)c1ccc2c(c1)OCO2. The largest absolute Gasteiger partial charge is 0.493 e.